The molecule has 0 bridgehead atoms. The van der Waals surface area contributed by atoms with Crippen molar-refractivity contribution in [3.05, 3.63) is 6.42 Å². The average Bonchev–Trinajstić information content (AvgIpc) is 2.14. The lowest BCUT2D eigenvalue weighted by atomic mass is 9.97. The van der Waals surface area contributed by atoms with Gasteiger partial charge in [0.1, 0.15) is 0 Å². The van der Waals surface area contributed by atoms with E-state index >= 15 is 0 Å². The van der Waals surface area contributed by atoms with Crippen LogP contribution in [0.25, 0.3) is 0 Å². The maximum atomic E-state index is 2.40. The van der Waals surface area contributed by atoms with Gasteiger partial charge in [0.25, 0.3) is 0 Å². The zero-order chi connectivity index (χ0) is 9.94. The Morgan fingerprint density at radius 1 is 1.00 bits per heavy atom. The largest absolute Gasteiger partial charge is 0.332 e. The second-order valence-corrected chi connectivity index (χ2v) is 4.29. The molecule has 0 amide bonds. The first-order valence-electron chi connectivity index (χ1n) is 6.09. The molecule has 80 valence electrons. The second kappa shape index (κ2) is 10.1. The molecule has 0 aromatic heterocycles. The highest BCUT2D eigenvalue weighted by Gasteiger charge is 1.99. The Bertz CT molecular complexity index is 86.0. The van der Waals surface area contributed by atoms with Gasteiger partial charge in [-0.1, -0.05) is 58.8 Å². The van der Waals surface area contributed by atoms with Gasteiger partial charge in [-0.25, -0.2) is 0 Å². The predicted molar refractivity (Wildman–Crippen MR) is 61.7 cm³/mol. The number of hydrogen-bond donors (Lipinski definition) is 0. The molecule has 0 saturated heterocycles. The monoisotopic (exact) mass is 183 g/mol. The Kier molecular flexibility index (Phi) is 10.1. The van der Waals surface area contributed by atoms with Gasteiger partial charge in [-0.15, -0.1) is 0 Å². The molecule has 0 aliphatic heterocycles. The van der Waals surface area contributed by atoms with Crippen molar-refractivity contribution in [1.29, 1.82) is 0 Å². The standard InChI is InChI=1S/C13H27/c1-4-6-8-9-10-12-13(3)11-7-5-2/h4,13H,5-12H2,1-3H3/q-1. The first kappa shape index (κ1) is 13.0. The van der Waals surface area contributed by atoms with Gasteiger partial charge in [-0.2, -0.15) is 13.3 Å². The molecule has 0 fully saturated rings. The van der Waals surface area contributed by atoms with E-state index in [1.165, 1.54) is 51.4 Å². The van der Waals surface area contributed by atoms with Gasteiger partial charge in [0.05, 0.1) is 0 Å². The minimum Gasteiger partial charge on any atom is -0.332 e. The van der Waals surface area contributed by atoms with Crippen LogP contribution in [-0.2, 0) is 0 Å². The van der Waals surface area contributed by atoms with Crippen LogP contribution in [0.1, 0.15) is 72.1 Å². The first-order valence-corrected chi connectivity index (χ1v) is 6.09. The Labute approximate surface area is 85.1 Å². The van der Waals surface area contributed by atoms with E-state index in [1.807, 2.05) is 0 Å². The summed E-state index contributed by atoms with van der Waals surface area (Å²) in [5, 5.41) is 0. The van der Waals surface area contributed by atoms with E-state index in [4.69, 9.17) is 0 Å². The lowest BCUT2D eigenvalue weighted by Gasteiger charge is -2.10. The summed E-state index contributed by atoms with van der Waals surface area (Å²) in [5.41, 5.74) is 0. The van der Waals surface area contributed by atoms with Crippen molar-refractivity contribution in [3.8, 4) is 0 Å². The van der Waals surface area contributed by atoms with Crippen molar-refractivity contribution in [2.24, 2.45) is 5.92 Å². The van der Waals surface area contributed by atoms with E-state index in [0.717, 1.165) is 5.92 Å². The molecule has 0 aromatic carbocycles. The molecule has 0 aliphatic carbocycles. The van der Waals surface area contributed by atoms with Crippen LogP contribution >= 0.6 is 0 Å². The van der Waals surface area contributed by atoms with Gasteiger partial charge < -0.3 is 6.42 Å². The lowest BCUT2D eigenvalue weighted by Crippen LogP contribution is -1.94. The van der Waals surface area contributed by atoms with Crippen LogP contribution in [-0.4, -0.2) is 0 Å². The summed E-state index contributed by atoms with van der Waals surface area (Å²) in [6, 6.07) is 0. The molecule has 0 heterocycles. The maximum Gasteiger partial charge on any atom is -0.0443 e. The van der Waals surface area contributed by atoms with E-state index in [1.54, 1.807) is 0 Å². The molecule has 13 heavy (non-hydrogen) atoms. The van der Waals surface area contributed by atoms with Crippen molar-refractivity contribution in [3.63, 3.8) is 0 Å². The van der Waals surface area contributed by atoms with Crippen LogP contribution < -0.4 is 0 Å². The molecule has 0 nitrogen and oxygen atoms in total. The Balaban J connectivity index is 3.03. The third-order valence-corrected chi connectivity index (χ3v) is 2.74. The zero-order valence-electron chi connectivity index (χ0n) is 9.81. The van der Waals surface area contributed by atoms with Crippen molar-refractivity contribution in [1.82, 2.24) is 0 Å². The SMILES string of the molecule is C[CH-]CCCCCC(C)CCCC. The van der Waals surface area contributed by atoms with Crippen LogP contribution in [0.5, 0.6) is 0 Å². The summed E-state index contributed by atoms with van der Waals surface area (Å²) >= 11 is 0. The normalized spacial score (nSPS) is 13.2. The highest BCUT2D eigenvalue weighted by molar-refractivity contribution is 4.57. The fraction of sp³-hybridized carbons (Fsp3) is 0.923. The molecule has 1 atom stereocenters. The summed E-state index contributed by atoms with van der Waals surface area (Å²) in [6.07, 6.45) is 13.5. The van der Waals surface area contributed by atoms with E-state index in [2.05, 4.69) is 27.2 Å². The van der Waals surface area contributed by atoms with E-state index < -0.39 is 0 Å². The molecular weight excluding hydrogens is 156 g/mol. The van der Waals surface area contributed by atoms with E-state index in [9.17, 15) is 0 Å². The first-order chi connectivity index (χ1) is 6.31. The highest BCUT2D eigenvalue weighted by atomic mass is 14.1. The number of unbranched alkanes of at least 4 members (excludes halogenated alkanes) is 5. The molecule has 1 unspecified atom stereocenters. The quantitative estimate of drug-likeness (QED) is 0.349. The fourth-order valence-corrected chi connectivity index (χ4v) is 1.71. The smallest absolute Gasteiger partial charge is 0.0443 e. The second-order valence-electron chi connectivity index (χ2n) is 4.29. The van der Waals surface area contributed by atoms with Crippen LogP contribution in [0.15, 0.2) is 0 Å². The molecule has 0 N–H and O–H groups in total. The molecule has 0 heteroatoms. The fourth-order valence-electron chi connectivity index (χ4n) is 1.71. The molecule has 0 radical (unpaired) electrons. The van der Waals surface area contributed by atoms with Gasteiger partial charge in [0, 0.05) is 0 Å². The molecule has 0 aliphatic rings. The number of hydrogen-bond acceptors (Lipinski definition) is 0. The summed E-state index contributed by atoms with van der Waals surface area (Å²) < 4.78 is 0. The summed E-state index contributed by atoms with van der Waals surface area (Å²) in [4.78, 5) is 0. The van der Waals surface area contributed by atoms with Crippen LogP contribution in [0.4, 0.5) is 0 Å². The van der Waals surface area contributed by atoms with E-state index in [0.29, 0.717) is 0 Å². The van der Waals surface area contributed by atoms with Crippen molar-refractivity contribution in [2.45, 2.75) is 72.1 Å². The minimum absolute atomic E-state index is 0.963. The summed E-state index contributed by atoms with van der Waals surface area (Å²) in [7, 11) is 0. The minimum atomic E-state index is 0.963. The van der Waals surface area contributed by atoms with Crippen molar-refractivity contribution >= 4 is 0 Å². The lowest BCUT2D eigenvalue weighted by molar-refractivity contribution is 0.445. The highest BCUT2D eigenvalue weighted by Crippen LogP contribution is 2.16. The maximum absolute atomic E-state index is 2.40. The Hall–Kier alpha value is 0. The van der Waals surface area contributed by atoms with Crippen LogP contribution in [0.3, 0.4) is 0 Å². The predicted octanol–water partition coefficient (Wildman–Crippen LogP) is 4.99. The molecule has 0 rings (SSSR count). The molecule has 0 aromatic rings. The van der Waals surface area contributed by atoms with Crippen molar-refractivity contribution in [2.75, 3.05) is 0 Å². The third kappa shape index (κ3) is 9.92. The third-order valence-electron chi connectivity index (χ3n) is 2.74. The summed E-state index contributed by atoms with van der Waals surface area (Å²) in [6.45, 7) is 6.84. The Morgan fingerprint density at radius 2 is 1.69 bits per heavy atom. The van der Waals surface area contributed by atoms with Gasteiger partial charge in [0.15, 0.2) is 0 Å². The van der Waals surface area contributed by atoms with Gasteiger partial charge in [0.2, 0.25) is 0 Å². The Morgan fingerprint density at radius 3 is 2.31 bits per heavy atom. The average molecular weight is 183 g/mol. The molecule has 0 saturated carbocycles. The number of rotatable bonds is 9. The van der Waals surface area contributed by atoms with Gasteiger partial charge >= 0.3 is 0 Å². The van der Waals surface area contributed by atoms with Crippen LogP contribution in [0.2, 0.25) is 0 Å². The van der Waals surface area contributed by atoms with E-state index in [-0.39, 0.29) is 0 Å². The summed E-state index contributed by atoms with van der Waals surface area (Å²) in [5.74, 6) is 0.963. The van der Waals surface area contributed by atoms with Gasteiger partial charge in [-0.3, -0.25) is 0 Å². The van der Waals surface area contributed by atoms with Gasteiger partial charge in [-0.05, 0) is 5.92 Å². The molecular formula is C13H27-. The topological polar surface area (TPSA) is 0 Å². The van der Waals surface area contributed by atoms with Crippen LogP contribution in [0, 0.1) is 12.3 Å². The zero-order valence-corrected chi connectivity index (χ0v) is 9.81. The molecule has 0 spiro atoms. The van der Waals surface area contributed by atoms with Crippen molar-refractivity contribution < 1.29 is 0 Å².